The van der Waals surface area contributed by atoms with Crippen molar-refractivity contribution in [1.82, 2.24) is 14.9 Å². The van der Waals surface area contributed by atoms with Gasteiger partial charge in [0.2, 0.25) is 5.91 Å². The number of carbonyl (C=O) groups is 1. The molecule has 1 aliphatic heterocycles. The average molecular weight is 363 g/mol. The highest BCUT2D eigenvalue weighted by Gasteiger charge is 2.32. The third kappa shape index (κ3) is 3.01. The van der Waals surface area contributed by atoms with Crippen LogP contribution in [0.4, 0.5) is 8.78 Å². The van der Waals surface area contributed by atoms with Crippen molar-refractivity contribution in [2.45, 2.75) is 51.1 Å². The van der Waals surface area contributed by atoms with Gasteiger partial charge in [-0.25, -0.2) is 8.78 Å². The topological polar surface area (TPSA) is 49.8 Å². The van der Waals surface area contributed by atoms with Crippen molar-refractivity contribution in [2.75, 3.05) is 0 Å². The fourth-order valence-corrected chi connectivity index (χ4v) is 3.87. The van der Waals surface area contributed by atoms with E-state index in [0.29, 0.717) is 29.3 Å². The second kappa shape index (κ2) is 6.05. The summed E-state index contributed by atoms with van der Waals surface area (Å²) in [4.78, 5) is 15.2. The van der Waals surface area contributed by atoms with Gasteiger partial charge in [-0.15, -0.1) is 0 Å². The van der Waals surface area contributed by atoms with Crippen molar-refractivity contribution in [3.63, 3.8) is 0 Å². The van der Waals surface area contributed by atoms with Crippen LogP contribution in [0.25, 0.3) is 0 Å². The van der Waals surface area contributed by atoms with Gasteiger partial charge in [-0.1, -0.05) is 6.07 Å². The Morgan fingerprint density at radius 2 is 2.16 bits per heavy atom. The monoisotopic (exact) mass is 363 g/mol. The molecular formula is C18H19F2N3OS. The molecule has 1 saturated carbocycles. The number of amides is 1. The lowest BCUT2D eigenvalue weighted by atomic mass is 9.93. The molecule has 2 heterocycles. The van der Waals surface area contributed by atoms with Gasteiger partial charge in [0.05, 0.1) is 6.42 Å². The zero-order valence-corrected chi connectivity index (χ0v) is 14.7. The molecule has 1 aliphatic carbocycles. The number of H-pyrrole nitrogens is 1. The molecule has 0 bridgehead atoms. The normalized spacial score (nSPS) is 19.1. The van der Waals surface area contributed by atoms with Gasteiger partial charge in [-0.05, 0) is 50.0 Å². The molecule has 0 saturated heterocycles. The van der Waals surface area contributed by atoms with Crippen LogP contribution in [0.3, 0.4) is 0 Å². The Labute approximate surface area is 149 Å². The summed E-state index contributed by atoms with van der Waals surface area (Å²) in [6, 6.07) is 3.06. The number of carbonyl (C=O) groups excluding carboxylic acids is 1. The Kier molecular flexibility index (Phi) is 3.98. The summed E-state index contributed by atoms with van der Waals surface area (Å²) in [5.41, 5.74) is 2.18. The molecule has 0 spiro atoms. The molecule has 1 amide bonds. The Hall–Kier alpha value is -2.02. The molecule has 7 heteroatoms. The number of nitrogens with one attached hydrogen (secondary N) is 2. The predicted octanol–water partition coefficient (Wildman–Crippen LogP) is 3.29. The summed E-state index contributed by atoms with van der Waals surface area (Å²) in [5.74, 6) is -1.37. The molecule has 2 aromatic rings. The largest absolute Gasteiger partial charge is 0.353 e. The van der Waals surface area contributed by atoms with Crippen LogP contribution >= 0.6 is 12.2 Å². The van der Waals surface area contributed by atoms with E-state index in [9.17, 15) is 13.6 Å². The highest BCUT2D eigenvalue weighted by Crippen LogP contribution is 2.35. The van der Waals surface area contributed by atoms with E-state index < -0.39 is 11.6 Å². The van der Waals surface area contributed by atoms with Crippen LogP contribution in [0.5, 0.6) is 0 Å². The maximum atomic E-state index is 14.5. The van der Waals surface area contributed by atoms with Crippen LogP contribution in [0.2, 0.25) is 0 Å². The number of hydrogen-bond donors (Lipinski definition) is 2. The molecule has 132 valence electrons. The Morgan fingerprint density at radius 3 is 2.88 bits per heavy atom. The Bertz CT molecular complexity index is 914. The third-order valence-electron chi connectivity index (χ3n) is 5.03. The smallest absolute Gasteiger partial charge is 0.226 e. The number of nitrogens with zero attached hydrogens (tertiary/aromatic N) is 1. The lowest BCUT2D eigenvalue weighted by Crippen LogP contribution is -2.27. The number of hydrogen-bond acceptors (Lipinski definition) is 2. The average Bonchev–Trinajstić information content (AvgIpc) is 3.17. The number of rotatable bonds is 4. The minimum atomic E-state index is -0.526. The summed E-state index contributed by atoms with van der Waals surface area (Å²) in [5, 5.41) is 2.95. The predicted molar refractivity (Wildman–Crippen MR) is 92.0 cm³/mol. The van der Waals surface area contributed by atoms with Crippen LogP contribution in [0, 0.1) is 23.3 Å². The fourth-order valence-electron chi connectivity index (χ4n) is 3.56. The summed E-state index contributed by atoms with van der Waals surface area (Å²) < 4.78 is 31.0. The minimum absolute atomic E-state index is 0.0430. The first-order valence-electron chi connectivity index (χ1n) is 8.48. The van der Waals surface area contributed by atoms with Crippen LogP contribution in [0.1, 0.15) is 41.3 Å². The van der Waals surface area contributed by atoms with E-state index >= 15 is 0 Å². The number of benzene rings is 1. The molecule has 4 nitrogen and oxygen atoms in total. The molecule has 25 heavy (non-hydrogen) atoms. The zero-order chi connectivity index (χ0) is 17.7. The molecule has 2 aliphatic rings. The lowest BCUT2D eigenvalue weighted by molar-refractivity contribution is -0.120. The zero-order valence-electron chi connectivity index (χ0n) is 13.9. The molecule has 0 unspecified atom stereocenters. The highest BCUT2D eigenvalue weighted by molar-refractivity contribution is 7.71. The number of halogens is 2. The number of aromatic nitrogens is 2. The minimum Gasteiger partial charge on any atom is -0.353 e. The maximum absolute atomic E-state index is 14.5. The van der Waals surface area contributed by atoms with Gasteiger partial charge < -0.3 is 14.9 Å². The van der Waals surface area contributed by atoms with E-state index in [0.717, 1.165) is 24.2 Å². The third-order valence-corrected chi connectivity index (χ3v) is 5.35. The molecule has 2 N–H and O–H groups in total. The van der Waals surface area contributed by atoms with Gasteiger partial charge >= 0.3 is 0 Å². The standard InChI is InChI=1S/C18H19F2N3OS/c1-9-2-5-12(19)16(17(9)20)10-6-14-13(22-18(25)23(14)8-10)7-15(24)21-11-3-4-11/h2,5,10-11H,3-4,6-8H2,1H3,(H,21,24)(H,22,25)/t10-/m1/s1. The number of fused-ring (bicyclic) bond motifs is 1. The second-order valence-corrected chi connectivity index (χ2v) is 7.36. The van der Waals surface area contributed by atoms with Crippen molar-refractivity contribution in [3.8, 4) is 0 Å². The maximum Gasteiger partial charge on any atom is 0.226 e. The molecule has 1 aromatic carbocycles. The molecule has 1 aromatic heterocycles. The molecule has 1 atom stereocenters. The number of aryl methyl sites for hydroxylation is 1. The Morgan fingerprint density at radius 1 is 1.40 bits per heavy atom. The number of imidazole rings is 1. The van der Waals surface area contributed by atoms with Crippen LogP contribution in [-0.4, -0.2) is 21.5 Å². The molecule has 0 radical (unpaired) electrons. The van der Waals surface area contributed by atoms with Crippen LogP contribution < -0.4 is 5.32 Å². The van der Waals surface area contributed by atoms with Gasteiger partial charge in [-0.3, -0.25) is 4.79 Å². The quantitative estimate of drug-likeness (QED) is 0.819. The van der Waals surface area contributed by atoms with E-state index in [2.05, 4.69) is 10.3 Å². The van der Waals surface area contributed by atoms with Crippen molar-refractivity contribution in [3.05, 3.63) is 51.1 Å². The first kappa shape index (κ1) is 16.4. The van der Waals surface area contributed by atoms with E-state index in [4.69, 9.17) is 12.2 Å². The van der Waals surface area contributed by atoms with Crippen molar-refractivity contribution in [1.29, 1.82) is 0 Å². The van der Waals surface area contributed by atoms with Crippen molar-refractivity contribution >= 4 is 18.1 Å². The Balaban J connectivity index is 1.60. The van der Waals surface area contributed by atoms with Crippen LogP contribution in [-0.2, 0) is 24.2 Å². The molecule has 4 rings (SSSR count). The van der Waals surface area contributed by atoms with E-state index in [1.54, 1.807) is 6.92 Å². The highest BCUT2D eigenvalue weighted by atomic mass is 32.1. The van der Waals surface area contributed by atoms with Crippen molar-refractivity contribution in [2.24, 2.45) is 0 Å². The van der Waals surface area contributed by atoms with Gasteiger partial charge in [0.15, 0.2) is 4.77 Å². The van der Waals surface area contributed by atoms with E-state index in [1.807, 2.05) is 4.57 Å². The summed E-state index contributed by atoms with van der Waals surface area (Å²) >= 11 is 5.34. The fraction of sp³-hybridized carbons (Fsp3) is 0.444. The van der Waals surface area contributed by atoms with Gasteiger partial charge in [0.1, 0.15) is 11.6 Å². The van der Waals surface area contributed by atoms with Gasteiger partial charge in [-0.2, -0.15) is 0 Å². The summed E-state index contributed by atoms with van der Waals surface area (Å²) in [6.45, 7) is 2.06. The molecule has 1 fully saturated rings. The second-order valence-electron chi connectivity index (χ2n) is 6.98. The summed E-state index contributed by atoms with van der Waals surface area (Å²) in [7, 11) is 0. The number of aromatic amines is 1. The van der Waals surface area contributed by atoms with Gasteiger partial charge in [0.25, 0.3) is 0 Å². The molecular weight excluding hydrogens is 344 g/mol. The first-order valence-corrected chi connectivity index (χ1v) is 8.89. The van der Waals surface area contributed by atoms with Gasteiger partial charge in [0, 0.05) is 35.5 Å². The van der Waals surface area contributed by atoms with Crippen molar-refractivity contribution < 1.29 is 13.6 Å². The van der Waals surface area contributed by atoms with E-state index in [1.165, 1.54) is 12.1 Å². The van der Waals surface area contributed by atoms with Crippen LogP contribution in [0.15, 0.2) is 12.1 Å². The lowest BCUT2D eigenvalue weighted by Gasteiger charge is -2.13. The van der Waals surface area contributed by atoms with E-state index in [-0.39, 0.29) is 23.8 Å². The summed E-state index contributed by atoms with van der Waals surface area (Å²) in [6.07, 6.45) is 2.75. The SMILES string of the molecule is Cc1ccc(F)c([C@@H]2Cc3c(CC(=O)NC4CC4)[nH]c(=S)n3C2)c1F. The first-order chi connectivity index (χ1) is 11.9.